The van der Waals surface area contributed by atoms with E-state index in [1.807, 2.05) is 11.0 Å². The largest absolute Gasteiger partial charge is 0.339 e. The highest BCUT2D eigenvalue weighted by Crippen LogP contribution is 2.22. The predicted octanol–water partition coefficient (Wildman–Crippen LogP) is 1.58. The molecule has 1 N–H and O–H groups in total. The summed E-state index contributed by atoms with van der Waals surface area (Å²) >= 11 is 1.76. The summed E-state index contributed by atoms with van der Waals surface area (Å²) in [5, 5.41) is 4.08. The monoisotopic (exact) mass is 340 g/mol. The van der Waals surface area contributed by atoms with Crippen molar-refractivity contribution in [3.05, 3.63) is 29.3 Å². The minimum Gasteiger partial charge on any atom is -0.339 e. The molecule has 1 aliphatic rings. The fourth-order valence-electron chi connectivity index (χ4n) is 2.60. The fourth-order valence-corrected chi connectivity index (χ4v) is 3.61. The second-order valence-electron chi connectivity index (χ2n) is 5.26. The van der Waals surface area contributed by atoms with Gasteiger partial charge in [-0.15, -0.1) is 23.7 Å². The van der Waals surface area contributed by atoms with Crippen LogP contribution in [0.25, 0.3) is 10.2 Å². The van der Waals surface area contributed by atoms with E-state index in [0.717, 1.165) is 43.2 Å². The molecule has 0 bridgehead atoms. The topological polar surface area (TPSA) is 48.5 Å². The Labute approximate surface area is 140 Å². The van der Waals surface area contributed by atoms with E-state index in [1.165, 1.54) is 4.70 Å². The number of amides is 1. The lowest BCUT2D eigenvalue weighted by atomic mass is 10.3. The number of para-hydroxylation sites is 1. The zero-order chi connectivity index (χ0) is 14.7. The van der Waals surface area contributed by atoms with Gasteiger partial charge in [0.15, 0.2) is 0 Å². The van der Waals surface area contributed by atoms with Gasteiger partial charge in [0.05, 0.1) is 23.3 Å². The maximum atomic E-state index is 11.8. The molecule has 0 unspecified atom stereocenters. The Bertz CT molecular complexity index is 592. The van der Waals surface area contributed by atoms with E-state index in [9.17, 15) is 4.79 Å². The van der Waals surface area contributed by atoms with Crippen molar-refractivity contribution in [2.24, 2.45) is 0 Å². The summed E-state index contributed by atoms with van der Waals surface area (Å²) in [5.74, 6) is 0.192. The van der Waals surface area contributed by atoms with Gasteiger partial charge in [0.25, 0.3) is 0 Å². The average molecular weight is 341 g/mol. The minimum absolute atomic E-state index is 0. The molecule has 1 saturated heterocycles. The number of rotatable bonds is 4. The van der Waals surface area contributed by atoms with Crippen LogP contribution in [0.15, 0.2) is 24.3 Å². The first kappa shape index (κ1) is 17.1. The molecule has 0 spiro atoms. The second-order valence-corrected chi connectivity index (χ2v) is 6.38. The predicted molar refractivity (Wildman–Crippen MR) is 92.7 cm³/mol. The molecule has 0 aliphatic carbocycles. The number of carbonyl (C=O) groups excluding carboxylic acids is 1. The summed E-state index contributed by atoms with van der Waals surface area (Å²) in [6.45, 7) is 4.78. The fraction of sp³-hybridized carbons (Fsp3) is 0.467. The Morgan fingerprint density at radius 2 is 2.00 bits per heavy atom. The zero-order valence-corrected chi connectivity index (χ0v) is 14.3. The lowest BCUT2D eigenvalue weighted by Crippen LogP contribution is -2.50. The highest BCUT2D eigenvalue weighted by atomic mass is 35.5. The van der Waals surface area contributed by atoms with E-state index in [0.29, 0.717) is 6.54 Å². The number of likely N-dealkylation sites (N-methyl/N-ethyl adjacent to an activating group) is 1. The number of fused-ring (bicyclic) bond motifs is 1. The third kappa shape index (κ3) is 3.95. The summed E-state index contributed by atoms with van der Waals surface area (Å²) < 4.78 is 1.25. The van der Waals surface area contributed by atoms with Gasteiger partial charge in [-0.3, -0.25) is 9.69 Å². The van der Waals surface area contributed by atoms with E-state index < -0.39 is 0 Å². The van der Waals surface area contributed by atoms with Crippen molar-refractivity contribution >= 4 is 39.9 Å². The Morgan fingerprint density at radius 1 is 1.27 bits per heavy atom. The molecule has 3 rings (SSSR count). The smallest absolute Gasteiger partial charge is 0.236 e. The molecule has 2 heterocycles. The van der Waals surface area contributed by atoms with Crippen LogP contribution in [0, 0.1) is 0 Å². The van der Waals surface area contributed by atoms with E-state index in [2.05, 4.69) is 33.4 Å². The number of nitrogens with one attached hydrogen (secondary N) is 1. The van der Waals surface area contributed by atoms with Gasteiger partial charge in [0, 0.05) is 26.2 Å². The van der Waals surface area contributed by atoms with Gasteiger partial charge in [-0.2, -0.15) is 0 Å². The minimum atomic E-state index is 0. The van der Waals surface area contributed by atoms with E-state index in [1.54, 1.807) is 18.4 Å². The van der Waals surface area contributed by atoms with Crippen LogP contribution in [0.4, 0.5) is 0 Å². The lowest BCUT2D eigenvalue weighted by Gasteiger charge is -2.34. The van der Waals surface area contributed by atoms with Crippen molar-refractivity contribution in [1.29, 1.82) is 0 Å². The molecular weight excluding hydrogens is 320 g/mol. The van der Waals surface area contributed by atoms with Crippen LogP contribution >= 0.6 is 23.7 Å². The Hall–Kier alpha value is -1.21. The molecule has 2 aromatic rings. The number of hydrogen-bond acceptors (Lipinski definition) is 5. The molecule has 7 heteroatoms. The number of piperazine rings is 1. The molecule has 5 nitrogen and oxygen atoms in total. The average Bonchev–Trinajstić information content (AvgIpc) is 2.90. The third-order valence-electron chi connectivity index (χ3n) is 3.75. The quantitative estimate of drug-likeness (QED) is 0.918. The lowest BCUT2D eigenvalue weighted by molar-refractivity contribution is -0.131. The molecule has 1 fully saturated rings. The van der Waals surface area contributed by atoms with Crippen LogP contribution in [0.2, 0.25) is 0 Å². The SMILES string of the molecule is CNCC(=O)N1CCN(Cc2nc3ccccc3s2)CC1.Cl. The van der Waals surface area contributed by atoms with Gasteiger partial charge in [-0.25, -0.2) is 4.98 Å². The molecule has 0 saturated carbocycles. The summed E-state index contributed by atoms with van der Waals surface area (Å²) in [5.41, 5.74) is 1.08. The van der Waals surface area contributed by atoms with E-state index >= 15 is 0 Å². The third-order valence-corrected chi connectivity index (χ3v) is 4.77. The maximum Gasteiger partial charge on any atom is 0.236 e. The number of hydrogen-bond donors (Lipinski definition) is 1. The molecule has 0 radical (unpaired) electrons. The number of halogens is 1. The standard InChI is InChI=1S/C15H20N4OS.ClH/c1-16-10-15(20)19-8-6-18(7-9-19)11-14-17-12-4-2-3-5-13(12)21-14;/h2-5,16H,6-11H2,1H3;1H. The van der Waals surface area contributed by atoms with Crippen LogP contribution in [-0.2, 0) is 11.3 Å². The van der Waals surface area contributed by atoms with Gasteiger partial charge in [-0.1, -0.05) is 12.1 Å². The van der Waals surface area contributed by atoms with Crippen molar-refractivity contribution in [2.45, 2.75) is 6.54 Å². The molecule has 0 atom stereocenters. The van der Waals surface area contributed by atoms with Gasteiger partial charge in [0.1, 0.15) is 5.01 Å². The second kappa shape index (κ2) is 7.87. The van der Waals surface area contributed by atoms with Crippen molar-refractivity contribution in [1.82, 2.24) is 20.1 Å². The number of thiazole rings is 1. The number of nitrogens with zero attached hydrogens (tertiary/aromatic N) is 3. The molecule has 22 heavy (non-hydrogen) atoms. The van der Waals surface area contributed by atoms with Crippen molar-refractivity contribution in [2.75, 3.05) is 39.8 Å². The molecule has 1 aromatic heterocycles. The van der Waals surface area contributed by atoms with Crippen LogP contribution in [-0.4, -0.2) is 60.5 Å². The van der Waals surface area contributed by atoms with Crippen molar-refractivity contribution in [3.63, 3.8) is 0 Å². The first-order valence-electron chi connectivity index (χ1n) is 7.25. The molecular formula is C15H21ClN4OS. The first-order valence-corrected chi connectivity index (χ1v) is 8.07. The highest BCUT2D eigenvalue weighted by Gasteiger charge is 2.21. The highest BCUT2D eigenvalue weighted by molar-refractivity contribution is 7.18. The van der Waals surface area contributed by atoms with Gasteiger partial charge in [-0.05, 0) is 19.2 Å². The molecule has 120 valence electrons. The molecule has 1 aromatic carbocycles. The maximum absolute atomic E-state index is 11.8. The first-order chi connectivity index (χ1) is 10.3. The number of carbonyl (C=O) groups is 1. The van der Waals surface area contributed by atoms with Crippen LogP contribution < -0.4 is 5.32 Å². The van der Waals surface area contributed by atoms with Crippen molar-refractivity contribution in [3.8, 4) is 0 Å². The number of benzene rings is 1. The van der Waals surface area contributed by atoms with Gasteiger partial charge < -0.3 is 10.2 Å². The Morgan fingerprint density at radius 3 is 2.68 bits per heavy atom. The van der Waals surface area contributed by atoms with Gasteiger partial charge in [0.2, 0.25) is 5.91 Å². The Balaban J connectivity index is 0.00000176. The zero-order valence-electron chi connectivity index (χ0n) is 12.6. The number of aromatic nitrogens is 1. The van der Waals surface area contributed by atoms with Crippen LogP contribution in [0.3, 0.4) is 0 Å². The molecule has 1 aliphatic heterocycles. The molecule has 1 amide bonds. The van der Waals surface area contributed by atoms with Crippen molar-refractivity contribution < 1.29 is 4.79 Å². The summed E-state index contributed by atoms with van der Waals surface area (Å²) in [4.78, 5) is 20.8. The van der Waals surface area contributed by atoms with Crippen LogP contribution in [0.1, 0.15) is 5.01 Å². The summed E-state index contributed by atoms with van der Waals surface area (Å²) in [7, 11) is 1.81. The summed E-state index contributed by atoms with van der Waals surface area (Å²) in [6.07, 6.45) is 0. The Kier molecular flexibility index (Phi) is 6.14. The normalized spacial score (nSPS) is 15.8. The van der Waals surface area contributed by atoms with Crippen LogP contribution in [0.5, 0.6) is 0 Å². The van der Waals surface area contributed by atoms with E-state index in [4.69, 9.17) is 0 Å². The summed E-state index contributed by atoms with van der Waals surface area (Å²) in [6, 6.07) is 8.25. The van der Waals surface area contributed by atoms with E-state index in [-0.39, 0.29) is 18.3 Å². The van der Waals surface area contributed by atoms with Gasteiger partial charge >= 0.3 is 0 Å².